The molecule has 1 unspecified atom stereocenters. The van der Waals surface area contributed by atoms with Crippen LogP contribution in [-0.4, -0.2) is 67.8 Å². The Hall–Kier alpha value is -0.160. The molecule has 0 bridgehead atoms. The van der Waals surface area contributed by atoms with Gasteiger partial charge in [0, 0.05) is 19.1 Å². The van der Waals surface area contributed by atoms with Crippen molar-refractivity contribution in [3.63, 3.8) is 0 Å². The molecule has 0 aromatic heterocycles. The molecular weight excluding hydrogens is 190 g/mol. The maximum Gasteiger partial charge on any atom is 0.0595 e. The molecule has 0 radical (unpaired) electrons. The summed E-state index contributed by atoms with van der Waals surface area (Å²) < 4.78 is 0. The zero-order valence-electron chi connectivity index (χ0n) is 10.0. The van der Waals surface area contributed by atoms with Crippen LogP contribution in [0.15, 0.2) is 0 Å². The zero-order chi connectivity index (χ0) is 11.3. The van der Waals surface area contributed by atoms with Crippen LogP contribution >= 0.6 is 0 Å². The van der Waals surface area contributed by atoms with Gasteiger partial charge in [0.15, 0.2) is 0 Å². The number of rotatable bonds is 5. The van der Waals surface area contributed by atoms with Crippen LogP contribution in [0.1, 0.15) is 12.8 Å². The van der Waals surface area contributed by atoms with Gasteiger partial charge in [-0.15, -0.1) is 0 Å². The van der Waals surface area contributed by atoms with Crippen LogP contribution in [0.4, 0.5) is 0 Å². The molecule has 4 nitrogen and oxygen atoms in total. The van der Waals surface area contributed by atoms with Gasteiger partial charge in [-0.1, -0.05) is 0 Å². The first-order chi connectivity index (χ1) is 7.11. The van der Waals surface area contributed by atoms with Gasteiger partial charge in [0.1, 0.15) is 0 Å². The van der Waals surface area contributed by atoms with E-state index in [-0.39, 0.29) is 12.6 Å². The van der Waals surface area contributed by atoms with Crippen LogP contribution in [0.2, 0.25) is 0 Å². The molecular formula is C11H25N3O. The van der Waals surface area contributed by atoms with Crippen molar-refractivity contribution in [2.75, 3.05) is 46.9 Å². The minimum Gasteiger partial charge on any atom is -0.395 e. The highest BCUT2D eigenvalue weighted by molar-refractivity contribution is 4.74. The Bertz CT molecular complexity index is 169. The van der Waals surface area contributed by atoms with Crippen LogP contribution < -0.4 is 5.73 Å². The third-order valence-electron chi connectivity index (χ3n) is 3.19. The molecule has 1 atom stereocenters. The maximum absolute atomic E-state index is 8.87. The summed E-state index contributed by atoms with van der Waals surface area (Å²) >= 11 is 0. The second-order valence-corrected chi connectivity index (χ2v) is 4.91. The van der Waals surface area contributed by atoms with Gasteiger partial charge in [0.2, 0.25) is 0 Å². The third kappa shape index (κ3) is 4.93. The van der Waals surface area contributed by atoms with E-state index in [1.807, 2.05) is 0 Å². The summed E-state index contributed by atoms with van der Waals surface area (Å²) in [5.74, 6) is 0.803. The zero-order valence-corrected chi connectivity index (χ0v) is 10.0. The molecule has 0 aromatic carbocycles. The molecule has 3 N–H and O–H groups in total. The molecule has 0 aromatic rings. The Balaban J connectivity index is 2.17. The van der Waals surface area contributed by atoms with Crippen LogP contribution in [-0.2, 0) is 0 Å². The van der Waals surface area contributed by atoms with Gasteiger partial charge in [-0.3, -0.25) is 0 Å². The number of nitrogens with two attached hydrogens (primary N) is 1. The van der Waals surface area contributed by atoms with Crippen molar-refractivity contribution in [3.8, 4) is 0 Å². The third-order valence-corrected chi connectivity index (χ3v) is 3.19. The van der Waals surface area contributed by atoms with Gasteiger partial charge < -0.3 is 20.6 Å². The Labute approximate surface area is 93.0 Å². The lowest BCUT2D eigenvalue weighted by Gasteiger charge is -2.32. The van der Waals surface area contributed by atoms with E-state index in [0.717, 1.165) is 19.0 Å². The predicted molar refractivity (Wildman–Crippen MR) is 62.8 cm³/mol. The Morgan fingerprint density at radius 2 is 2.07 bits per heavy atom. The molecule has 1 fully saturated rings. The van der Waals surface area contributed by atoms with E-state index in [4.69, 9.17) is 10.8 Å². The molecule has 1 heterocycles. The van der Waals surface area contributed by atoms with Gasteiger partial charge in [-0.05, 0) is 45.9 Å². The summed E-state index contributed by atoms with van der Waals surface area (Å²) in [7, 11) is 4.27. The number of likely N-dealkylation sites (N-methyl/N-ethyl adjacent to an activating group) is 1. The highest BCUT2D eigenvalue weighted by Crippen LogP contribution is 2.16. The lowest BCUT2D eigenvalue weighted by molar-refractivity contribution is 0.161. The Morgan fingerprint density at radius 1 is 1.47 bits per heavy atom. The van der Waals surface area contributed by atoms with Crippen LogP contribution in [0.5, 0.6) is 0 Å². The largest absolute Gasteiger partial charge is 0.395 e. The van der Waals surface area contributed by atoms with E-state index in [0.29, 0.717) is 0 Å². The van der Waals surface area contributed by atoms with Gasteiger partial charge in [-0.25, -0.2) is 0 Å². The fourth-order valence-electron chi connectivity index (χ4n) is 2.22. The summed E-state index contributed by atoms with van der Waals surface area (Å²) in [5, 5.41) is 8.87. The number of aliphatic hydroxyl groups excluding tert-OH is 1. The molecule has 0 aliphatic carbocycles. The molecule has 1 rings (SSSR count). The number of aliphatic hydroxyl groups is 1. The molecule has 15 heavy (non-hydrogen) atoms. The SMILES string of the molecule is CN1CCC(CN(C)CC(N)CO)CC1. The van der Waals surface area contributed by atoms with Crippen molar-refractivity contribution in [2.24, 2.45) is 11.7 Å². The van der Waals surface area contributed by atoms with Gasteiger partial charge in [0.25, 0.3) is 0 Å². The van der Waals surface area contributed by atoms with Gasteiger partial charge in [-0.2, -0.15) is 0 Å². The van der Waals surface area contributed by atoms with Crippen molar-refractivity contribution in [2.45, 2.75) is 18.9 Å². The first kappa shape index (κ1) is 12.9. The topological polar surface area (TPSA) is 52.7 Å². The van der Waals surface area contributed by atoms with E-state index in [2.05, 4.69) is 23.9 Å². The highest BCUT2D eigenvalue weighted by atomic mass is 16.3. The molecule has 4 heteroatoms. The standard InChI is InChI=1S/C11H25N3O/c1-13-5-3-10(4-6-13)7-14(2)8-11(12)9-15/h10-11,15H,3-9,12H2,1-2H3. The van der Waals surface area contributed by atoms with E-state index < -0.39 is 0 Å². The molecule has 1 aliphatic heterocycles. The summed E-state index contributed by atoms with van der Waals surface area (Å²) in [4.78, 5) is 4.63. The fraction of sp³-hybridized carbons (Fsp3) is 1.00. The van der Waals surface area contributed by atoms with Crippen molar-refractivity contribution in [3.05, 3.63) is 0 Å². The average molecular weight is 215 g/mol. The summed E-state index contributed by atoms with van der Waals surface area (Å²) in [6.07, 6.45) is 2.57. The number of hydrogen-bond donors (Lipinski definition) is 2. The summed E-state index contributed by atoms with van der Waals surface area (Å²) in [6.45, 7) is 4.41. The van der Waals surface area contributed by atoms with Crippen molar-refractivity contribution in [1.82, 2.24) is 9.80 Å². The quantitative estimate of drug-likeness (QED) is 0.654. The Kier molecular flexibility index (Phi) is 5.53. The maximum atomic E-state index is 8.87. The minimum absolute atomic E-state index is 0.0811. The Morgan fingerprint density at radius 3 is 2.60 bits per heavy atom. The van der Waals surface area contributed by atoms with Crippen LogP contribution in [0.3, 0.4) is 0 Å². The summed E-state index contributed by atoms with van der Waals surface area (Å²) in [6, 6.07) is -0.0961. The molecule has 0 spiro atoms. The second kappa shape index (κ2) is 6.43. The predicted octanol–water partition coefficient (Wildman–Crippen LogP) is -0.420. The smallest absolute Gasteiger partial charge is 0.0595 e. The first-order valence-electron chi connectivity index (χ1n) is 5.85. The lowest BCUT2D eigenvalue weighted by Crippen LogP contribution is -2.41. The first-order valence-corrected chi connectivity index (χ1v) is 5.85. The average Bonchev–Trinajstić information content (AvgIpc) is 2.21. The van der Waals surface area contributed by atoms with Crippen LogP contribution in [0.25, 0.3) is 0 Å². The van der Waals surface area contributed by atoms with Crippen molar-refractivity contribution < 1.29 is 5.11 Å². The molecule has 1 aliphatic rings. The molecule has 0 amide bonds. The fourth-order valence-corrected chi connectivity index (χ4v) is 2.22. The lowest BCUT2D eigenvalue weighted by atomic mass is 9.96. The number of hydrogen-bond acceptors (Lipinski definition) is 4. The summed E-state index contributed by atoms with van der Waals surface area (Å²) in [5.41, 5.74) is 5.70. The molecule has 1 saturated heterocycles. The van der Waals surface area contributed by atoms with Gasteiger partial charge >= 0.3 is 0 Å². The van der Waals surface area contributed by atoms with Gasteiger partial charge in [0.05, 0.1) is 6.61 Å². The van der Waals surface area contributed by atoms with Crippen molar-refractivity contribution >= 4 is 0 Å². The van der Waals surface area contributed by atoms with E-state index in [9.17, 15) is 0 Å². The van der Waals surface area contributed by atoms with E-state index in [1.54, 1.807) is 0 Å². The second-order valence-electron chi connectivity index (χ2n) is 4.91. The van der Waals surface area contributed by atoms with E-state index >= 15 is 0 Å². The van der Waals surface area contributed by atoms with Crippen LogP contribution in [0, 0.1) is 5.92 Å². The normalized spacial score (nSPS) is 22.2. The highest BCUT2D eigenvalue weighted by Gasteiger charge is 2.18. The van der Waals surface area contributed by atoms with E-state index in [1.165, 1.54) is 25.9 Å². The number of piperidine rings is 1. The minimum atomic E-state index is -0.0961. The molecule has 0 saturated carbocycles. The monoisotopic (exact) mass is 215 g/mol. The molecule has 90 valence electrons. The van der Waals surface area contributed by atoms with Crippen molar-refractivity contribution in [1.29, 1.82) is 0 Å². The number of likely N-dealkylation sites (tertiary alicyclic amines) is 1. The number of nitrogens with zero attached hydrogens (tertiary/aromatic N) is 2.